The fourth-order valence-corrected chi connectivity index (χ4v) is 20.5. The van der Waals surface area contributed by atoms with Crippen molar-refractivity contribution >= 4 is 17.2 Å². The van der Waals surface area contributed by atoms with Crippen LogP contribution in [0, 0.1) is 119 Å². The molecule has 0 atom stereocenters. The van der Waals surface area contributed by atoms with Gasteiger partial charge in [-0.05, 0) is 228 Å². The number of fused-ring (bicyclic) bond motifs is 3. The van der Waals surface area contributed by atoms with Crippen LogP contribution in [0.2, 0.25) is 0 Å². The van der Waals surface area contributed by atoms with Gasteiger partial charge in [-0.25, -0.2) is 9.14 Å². The summed E-state index contributed by atoms with van der Waals surface area (Å²) < 4.78 is 16.4. The summed E-state index contributed by atoms with van der Waals surface area (Å²) in [5, 5.41) is 0. The molecule has 2 aliphatic heterocycles. The monoisotopic (exact) mass is 2790 g/mol. The zero-order chi connectivity index (χ0) is 103. The molecule has 150 heavy (non-hydrogen) atoms. The molecule has 0 saturated heterocycles. The molecule has 5 aromatic heterocycles. The number of rotatable bonds is 26. The molecule has 17 heteroatoms. The van der Waals surface area contributed by atoms with Gasteiger partial charge in [-0.15, -0.1) is 174 Å². The van der Waals surface area contributed by atoms with Crippen LogP contribution < -0.4 is 4.57 Å². The Bertz CT molecular complexity index is 7480. The number of amidine groups is 1. The van der Waals surface area contributed by atoms with Gasteiger partial charge in [0, 0.05) is 189 Å². The van der Waals surface area contributed by atoms with E-state index < -0.39 is 0 Å². The number of para-hydroxylation sites is 2. The SMILES string of the molecule is CCC(CC)(CC)c1c[n+]2c(n1-c1ccc(C)cc1C)-c1ccccc1C2.CCCCC(C)(C)C1=[N+](c2cc(C)ccc2C)CC(c2[c-]cccc2)=N1.CCCCC(C)(C)c1cnc(-c2[c-]cccc2)n1-c1ccc(C)cc1C.CCCc1cn(-c2ccccc2C)c(-c2[c-]cccc2)n1.Cc1ccc(-n2c(-c3c(C)cccc3C)cnc2-c2[c-]cccc2)c(C)c1.Cc1ccccc1-n1ccnc1-c1[c-]cccc1.[Ir].[Ir].[Ir].[Pd].[Pt]. The molecule has 2 aliphatic rings. The summed E-state index contributed by atoms with van der Waals surface area (Å²) in [4.78, 5) is 24.0. The average molecular weight is 2790 g/mol. The summed E-state index contributed by atoms with van der Waals surface area (Å²) in [6.45, 7) is 50.8. The van der Waals surface area contributed by atoms with Crippen molar-refractivity contribution in [2.24, 2.45) is 10.4 Å². The summed E-state index contributed by atoms with van der Waals surface area (Å²) in [6, 6.07) is 116. The summed E-state index contributed by atoms with van der Waals surface area (Å²) in [6.07, 6.45) is 25.2. The topological polar surface area (TPSA) is 95.5 Å². The molecule has 12 nitrogen and oxygen atoms in total. The zero-order valence-electron chi connectivity index (χ0n) is 91.3. The van der Waals surface area contributed by atoms with Crippen molar-refractivity contribution in [2.45, 2.75) is 240 Å². The van der Waals surface area contributed by atoms with E-state index in [2.05, 4.69) is 426 Å². The third kappa shape index (κ3) is 28.0. The zero-order valence-corrected chi connectivity index (χ0v) is 102. The molecular weight excluding hydrogens is 2640 g/mol. The molecule has 0 unspecified atom stereocenters. The van der Waals surface area contributed by atoms with E-state index >= 15 is 0 Å². The Morgan fingerprint density at radius 3 is 1.31 bits per heavy atom. The molecule has 3 radical (unpaired) electrons. The predicted octanol–water partition coefficient (Wildman–Crippen LogP) is 32.6. The van der Waals surface area contributed by atoms with Crippen molar-refractivity contribution in [3.05, 3.63) is 448 Å². The van der Waals surface area contributed by atoms with Gasteiger partial charge in [0.05, 0.1) is 40.0 Å². The second kappa shape index (κ2) is 55.7. The molecule has 0 aliphatic carbocycles. The van der Waals surface area contributed by atoms with Gasteiger partial charge in [-0.2, -0.15) is 4.57 Å². The summed E-state index contributed by atoms with van der Waals surface area (Å²) in [7, 11) is 0. The average Bonchev–Trinajstić information content (AvgIpc) is 1.56. The maximum absolute atomic E-state index is 5.14. The van der Waals surface area contributed by atoms with Crippen LogP contribution in [0.3, 0.4) is 0 Å². The Balaban J connectivity index is 0.000000183. The normalized spacial score (nSPS) is 11.7. The van der Waals surface area contributed by atoms with E-state index in [-0.39, 0.29) is 118 Å². The van der Waals surface area contributed by atoms with E-state index in [1.807, 2.05) is 116 Å². The molecule has 787 valence electrons. The van der Waals surface area contributed by atoms with Crippen LogP contribution in [0.15, 0.2) is 327 Å². The number of hydrogen-bond donors (Lipinski definition) is 0. The van der Waals surface area contributed by atoms with Gasteiger partial charge < -0.3 is 18.3 Å². The molecule has 0 amide bonds. The van der Waals surface area contributed by atoms with Crippen molar-refractivity contribution in [3.63, 3.8) is 0 Å². The summed E-state index contributed by atoms with van der Waals surface area (Å²) >= 11 is 0. The smallest absolute Gasteiger partial charge is 0.295 e. The number of aromatic nitrogens is 10. The van der Waals surface area contributed by atoms with Gasteiger partial charge in [-0.1, -0.05) is 236 Å². The second-order valence-electron chi connectivity index (χ2n) is 40.5. The first-order chi connectivity index (χ1) is 70.1. The first kappa shape index (κ1) is 120. The fraction of sp³-hybridized carbons (Fsp3) is 0.286. The number of aliphatic imine (C=N–C) groups is 1. The van der Waals surface area contributed by atoms with E-state index in [0.29, 0.717) is 0 Å². The molecule has 0 spiro atoms. The van der Waals surface area contributed by atoms with Crippen LogP contribution in [0.4, 0.5) is 5.69 Å². The van der Waals surface area contributed by atoms with Crippen LogP contribution in [-0.4, -0.2) is 65.4 Å². The summed E-state index contributed by atoms with van der Waals surface area (Å²) in [5.74, 6) is 6.30. The molecule has 7 heterocycles. The minimum Gasteiger partial charge on any atom is -0.340 e. The number of hydrogen-bond acceptors (Lipinski definition) is 5. The second-order valence-corrected chi connectivity index (χ2v) is 40.5. The van der Waals surface area contributed by atoms with Crippen LogP contribution in [0.25, 0.3) is 96.6 Å². The number of imidazole rings is 5. The number of unbranched alkanes of at least 4 members (excludes halogenated alkanes) is 2. The largest absolute Gasteiger partial charge is 0.340 e. The van der Waals surface area contributed by atoms with Gasteiger partial charge >= 0.3 is 0 Å². The van der Waals surface area contributed by atoms with E-state index in [0.717, 1.165) is 138 Å². The maximum Gasteiger partial charge on any atom is 0.295 e. The maximum atomic E-state index is 5.14. The third-order valence-electron chi connectivity index (χ3n) is 28.8. The van der Waals surface area contributed by atoms with Crippen molar-refractivity contribution in [1.82, 2.24) is 42.8 Å². The Hall–Kier alpha value is -11.5. The van der Waals surface area contributed by atoms with Gasteiger partial charge in [0.25, 0.3) is 11.7 Å². The minimum atomic E-state index is 0. The molecule has 18 aromatic rings. The van der Waals surface area contributed by atoms with Crippen LogP contribution >= 0.6 is 0 Å². The standard InChI is InChI=1S/C25H23N2.C25H31N2.C24H29N2.C24H30N2.C19H19N2.C16H13N2.3Ir.Pd.Pt/c1-17-13-14-22(20(4)15-17)27-23(24-18(2)9-8-10-19(24)3)16-26-25(27)21-11-6-5-7-12-21;1-6-25(7-2,8-3)23-17-26-16-20-11-9-10-12-21(20)24(26)27(23)22-14-13-18(4)15-19(22)5;1-6-7-15-24(4,5)22-17-25-23(20-11-9-8-10-12-20)26(22)21-14-13-18(2)16-19(21)3;1-6-7-15-24(4,5)23-25-21(20-11-9-8-10-12-20)17-26(23)22-16-18(2)13-14-19(22)3;1-3-9-17-14-21(18-13-8-7-10-15(18)2)19(20-17)16-11-5-4-6-12-16;1-13-7-5-6-10-15(13)18-12-11-17-16(18)14-8-3-2-4-9-14;;;;;/h5-11,13-16H,1-4H3;9-15,17H,6-8,16H2,1-5H3;8-11,13-14,16-17H,6-7,15H2,1-5H3;8-11,13-14,16H,6-7,15,17H2,1-5H3;4-8,10-11,13-14H,3,9H2,1-2H3;2-8,10-12H,1H3;;;;;/q-1;+1;-1;;2*-1;;;;;. The fourth-order valence-electron chi connectivity index (χ4n) is 20.5. The van der Waals surface area contributed by atoms with Gasteiger partial charge in [0.15, 0.2) is 5.69 Å². The molecule has 0 bridgehead atoms. The Morgan fingerprint density at radius 2 is 0.813 bits per heavy atom. The van der Waals surface area contributed by atoms with Crippen molar-refractivity contribution in [3.8, 4) is 96.6 Å². The van der Waals surface area contributed by atoms with Crippen molar-refractivity contribution in [2.75, 3.05) is 6.54 Å². The molecule has 20 rings (SSSR count). The predicted molar refractivity (Wildman–Crippen MR) is 605 cm³/mol. The van der Waals surface area contributed by atoms with E-state index in [4.69, 9.17) is 19.9 Å². The van der Waals surface area contributed by atoms with Crippen molar-refractivity contribution < 1.29 is 111 Å². The Kier molecular flexibility index (Phi) is 44.7. The Morgan fingerprint density at radius 1 is 0.373 bits per heavy atom. The van der Waals surface area contributed by atoms with Gasteiger partial charge in [-0.3, -0.25) is 19.9 Å². The van der Waals surface area contributed by atoms with Gasteiger partial charge in [0.2, 0.25) is 0 Å². The van der Waals surface area contributed by atoms with E-state index in [1.165, 1.54) is 155 Å². The van der Waals surface area contributed by atoms with E-state index in [1.54, 1.807) is 0 Å². The van der Waals surface area contributed by atoms with Crippen LogP contribution in [-0.2, 0) is 126 Å². The number of nitrogens with zero attached hydrogens (tertiary/aromatic N) is 12. The molecule has 13 aromatic carbocycles. The third-order valence-corrected chi connectivity index (χ3v) is 28.8. The van der Waals surface area contributed by atoms with E-state index in [9.17, 15) is 0 Å². The quantitative estimate of drug-likeness (QED) is 0.0307. The number of benzene rings is 13. The van der Waals surface area contributed by atoms with Crippen LogP contribution in [0.1, 0.15) is 228 Å². The molecular formula is C133H145Ir3N12PdPt-3. The minimum absolute atomic E-state index is 0. The first-order valence-electron chi connectivity index (χ1n) is 52.2. The first-order valence-corrected chi connectivity index (χ1v) is 52.2. The van der Waals surface area contributed by atoms with Crippen LogP contribution in [0.5, 0.6) is 0 Å². The Labute approximate surface area is 963 Å². The molecule has 0 saturated carbocycles. The van der Waals surface area contributed by atoms with Crippen molar-refractivity contribution in [1.29, 1.82) is 0 Å². The number of aryl methyl sites for hydroxylation is 13. The molecule has 0 N–H and O–H groups in total. The van der Waals surface area contributed by atoms with Gasteiger partial charge in [0.1, 0.15) is 36.4 Å². The molecule has 0 fully saturated rings. The summed E-state index contributed by atoms with van der Waals surface area (Å²) in [5.41, 5.74) is 38.2.